The Hall–Kier alpha value is -2.48. The number of amides is 2. The van der Waals surface area contributed by atoms with Crippen LogP contribution >= 0.6 is 0 Å². The first-order chi connectivity index (χ1) is 12.0. The first-order valence-electron chi connectivity index (χ1n) is 8.57. The second-order valence-corrected chi connectivity index (χ2v) is 6.31. The molecule has 3 N–H and O–H groups in total. The number of halogens is 1. The fraction of sp³-hybridized carbons (Fsp3) is 0.471. The van der Waals surface area contributed by atoms with E-state index >= 15 is 0 Å². The molecule has 2 amide bonds. The molecule has 0 bridgehead atoms. The third-order valence-electron chi connectivity index (χ3n) is 4.59. The maximum absolute atomic E-state index is 12.9. The number of aliphatic imine (C=N–C) groups is 1. The Balaban J connectivity index is 1.67. The van der Waals surface area contributed by atoms with Crippen LogP contribution in [0.1, 0.15) is 13.3 Å². The van der Waals surface area contributed by atoms with Crippen molar-refractivity contribution in [3.63, 3.8) is 0 Å². The van der Waals surface area contributed by atoms with Crippen LogP contribution in [0.15, 0.2) is 29.3 Å². The van der Waals surface area contributed by atoms with Crippen LogP contribution in [-0.4, -0.2) is 61.4 Å². The fourth-order valence-corrected chi connectivity index (χ4v) is 3.04. The minimum atomic E-state index is -0.773. The summed E-state index contributed by atoms with van der Waals surface area (Å²) in [7, 11) is 0. The summed E-state index contributed by atoms with van der Waals surface area (Å²) in [5.41, 5.74) is 0.481. The highest BCUT2D eigenvalue weighted by Crippen LogP contribution is 2.13. The van der Waals surface area contributed by atoms with Gasteiger partial charge in [0, 0.05) is 5.69 Å². The maximum atomic E-state index is 12.9. The molecule has 0 unspecified atom stereocenters. The SMILES string of the molecule is CC[NH+]1CCN(C2=N[C@H](C(=O)Nc3ccc(F)cc3)CC(=O)N2)CC1. The Morgan fingerprint density at radius 1 is 1.36 bits per heavy atom. The van der Waals surface area contributed by atoms with Crippen molar-refractivity contribution in [1.82, 2.24) is 10.2 Å². The number of guanidine groups is 1. The minimum Gasteiger partial charge on any atom is -0.332 e. The van der Waals surface area contributed by atoms with Gasteiger partial charge in [0.05, 0.1) is 39.1 Å². The number of likely N-dealkylation sites (N-methyl/N-ethyl adjacent to an activating group) is 1. The van der Waals surface area contributed by atoms with Crippen LogP contribution in [0, 0.1) is 5.82 Å². The molecule has 1 aromatic carbocycles. The van der Waals surface area contributed by atoms with Gasteiger partial charge < -0.3 is 15.1 Å². The smallest absolute Gasteiger partial charge is 0.249 e. The van der Waals surface area contributed by atoms with Crippen LogP contribution in [0.3, 0.4) is 0 Å². The standard InChI is InChI=1S/C17H22FN5O2/c1-2-22-7-9-23(10-8-22)17-20-14(11-15(24)21-17)16(25)19-13-5-3-12(18)4-6-13/h3-6,14H,2,7-11H2,1H3,(H,19,25)(H,20,21,24)/p+1/t14-/m0/s1. The first-order valence-corrected chi connectivity index (χ1v) is 8.57. The minimum absolute atomic E-state index is 0.0106. The topological polar surface area (TPSA) is 78.2 Å². The van der Waals surface area contributed by atoms with E-state index in [2.05, 4.69) is 22.5 Å². The van der Waals surface area contributed by atoms with Crippen LogP contribution in [0.2, 0.25) is 0 Å². The van der Waals surface area contributed by atoms with Crippen molar-refractivity contribution in [2.75, 3.05) is 38.0 Å². The lowest BCUT2D eigenvalue weighted by Crippen LogP contribution is -3.14. The van der Waals surface area contributed by atoms with Gasteiger partial charge in [-0.1, -0.05) is 0 Å². The van der Waals surface area contributed by atoms with Gasteiger partial charge in [-0.2, -0.15) is 0 Å². The zero-order valence-electron chi connectivity index (χ0n) is 14.2. The van der Waals surface area contributed by atoms with Crippen molar-refractivity contribution in [1.29, 1.82) is 0 Å². The van der Waals surface area contributed by atoms with E-state index in [1.54, 1.807) is 0 Å². The summed E-state index contributed by atoms with van der Waals surface area (Å²) in [5.74, 6) is -0.472. The summed E-state index contributed by atoms with van der Waals surface area (Å²) in [5, 5.41) is 5.46. The number of anilines is 1. The molecule has 8 heteroatoms. The van der Waals surface area contributed by atoms with Crippen LogP contribution in [0.25, 0.3) is 0 Å². The Morgan fingerprint density at radius 2 is 2.04 bits per heavy atom. The summed E-state index contributed by atoms with van der Waals surface area (Å²) in [6, 6.07) is 4.73. The normalized spacial score (nSPS) is 21.5. The maximum Gasteiger partial charge on any atom is 0.249 e. The van der Waals surface area contributed by atoms with Crippen LogP contribution in [-0.2, 0) is 9.59 Å². The summed E-state index contributed by atoms with van der Waals surface area (Å²) in [6.07, 6.45) is 0.0106. The van der Waals surface area contributed by atoms with Crippen molar-refractivity contribution in [2.24, 2.45) is 4.99 Å². The molecule has 1 atom stereocenters. The molecule has 0 aliphatic carbocycles. The molecule has 1 saturated heterocycles. The number of carbonyl (C=O) groups is 2. The van der Waals surface area contributed by atoms with E-state index in [1.165, 1.54) is 29.2 Å². The van der Waals surface area contributed by atoms with Gasteiger partial charge in [-0.3, -0.25) is 14.9 Å². The lowest BCUT2D eigenvalue weighted by Gasteiger charge is -2.35. The second kappa shape index (κ2) is 7.60. The zero-order valence-corrected chi connectivity index (χ0v) is 14.2. The van der Waals surface area contributed by atoms with Gasteiger partial charge in [0.25, 0.3) is 0 Å². The molecule has 0 radical (unpaired) electrons. The van der Waals surface area contributed by atoms with E-state index < -0.39 is 6.04 Å². The molecule has 1 fully saturated rings. The van der Waals surface area contributed by atoms with Crippen molar-refractivity contribution >= 4 is 23.5 Å². The third-order valence-corrected chi connectivity index (χ3v) is 4.59. The number of nitrogens with one attached hydrogen (secondary N) is 3. The zero-order chi connectivity index (χ0) is 17.8. The van der Waals surface area contributed by atoms with E-state index in [4.69, 9.17) is 0 Å². The van der Waals surface area contributed by atoms with Gasteiger partial charge >= 0.3 is 0 Å². The molecule has 134 valence electrons. The number of benzene rings is 1. The quantitative estimate of drug-likeness (QED) is 0.671. The highest BCUT2D eigenvalue weighted by molar-refractivity contribution is 6.05. The Kier molecular flexibility index (Phi) is 5.28. The summed E-state index contributed by atoms with van der Waals surface area (Å²) in [4.78, 5) is 32.4. The largest absolute Gasteiger partial charge is 0.332 e. The number of hydrogen-bond acceptors (Lipinski definition) is 4. The first kappa shape index (κ1) is 17.3. The highest BCUT2D eigenvalue weighted by Gasteiger charge is 2.31. The van der Waals surface area contributed by atoms with E-state index in [0.29, 0.717) is 11.6 Å². The molecular weight excluding hydrogens is 325 g/mol. The molecule has 3 rings (SSSR count). The molecule has 2 aliphatic rings. The molecule has 25 heavy (non-hydrogen) atoms. The number of hydrogen-bond donors (Lipinski definition) is 3. The molecule has 2 aliphatic heterocycles. The van der Waals surface area contributed by atoms with Gasteiger partial charge in [-0.15, -0.1) is 0 Å². The Morgan fingerprint density at radius 3 is 2.68 bits per heavy atom. The van der Waals surface area contributed by atoms with Crippen LogP contribution in [0.4, 0.5) is 10.1 Å². The van der Waals surface area contributed by atoms with E-state index in [-0.39, 0.29) is 24.1 Å². The fourth-order valence-electron chi connectivity index (χ4n) is 3.04. The van der Waals surface area contributed by atoms with Gasteiger partial charge in [0.1, 0.15) is 11.9 Å². The summed E-state index contributed by atoms with van der Waals surface area (Å²) in [6.45, 7) is 6.80. The molecule has 2 heterocycles. The summed E-state index contributed by atoms with van der Waals surface area (Å²) < 4.78 is 12.9. The van der Waals surface area contributed by atoms with E-state index in [9.17, 15) is 14.0 Å². The molecule has 0 aromatic heterocycles. The average molecular weight is 348 g/mol. The monoisotopic (exact) mass is 348 g/mol. The number of nitrogens with zero attached hydrogens (tertiary/aromatic N) is 2. The summed E-state index contributed by atoms with van der Waals surface area (Å²) >= 11 is 0. The average Bonchev–Trinajstić information content (AvgIpc) is 2.63. The van der Waals surface area contributed by atoms with Gasteiger partial charge in [0.2, 0.25) is 17.8 Å². The molecule has 0 spiro atoms. The lowest BCUT2D eigenvalue weighted by atomic mass is 10.1. The molecule has 0 saturated carbocycles. The van der Waals surface area contributed by atoms with Crippen molar-refractivity contribution in [3.05, 3.63) is 30.1 Å². The number of quaternary nitrogens is 1. The van der Waals surface area contributed by atoms with Gasteiger partial charge in [0.15, 0.2) is 0 Å². The van der Waals surface area contributed by atoms with Gasteiger partial charge in [-0.25, -0.2) is 9.38 Å². The predicted molar refractivity (Wildman–Crippen MR) is 91.8 cm³/mol. The van der Waals surface area contributed by atoms with Crippen molar-refractivity contribution in [2.45, 2.75) is 19.4 Å². The van der Waals surface area contributed by atoms with Gasteiger partial charge in [-0.05, 0) is 31.2 Å². The number of rotatable bonds is 3. The van der Waals surface area contributed by atoms with E-state index in [1.807, 2.05) is 4.90 Å². The van der Waals surface area contributed by atoms with Crippen LogP contribution in [0.5, 0.6) is 0 Å². The van der Waals surface area contributed by atoms with Crippen LogP contribution < -0.4 is 15.5 Å². The molecular formula is C17H23FN5O2+. The number of carbonyl (C=O) groups excluding carboxylic acids is 2. The Bertz CT molecular complexity index is 668. The van der Waals surface area contributed by atoms with Crippen molar-refractivity contribution in [3.8, 4) is 0 Å². The van der Waals surface area contributed by atoms with Crippen molar-refractivity contribution < 1.29 is 18.9 Å². The lowest BCUT2D eigenvalue weighted by molar-refractivity contribution is -0.902. The Labute approximate surface area is 145 Å². The molecule has 1 aromatic rings. The second-order valence-electron chi connectivity index (χ2n) is 6.31. The molecule has 7 nitrogen and oxygen atoms in total. The third kappa shape index (κ3) is 4.33. The highest BCUT2D eigenvalue weighted by atomic mass is 19.1. The van der Waals surface area contributed by atoms with E-state index in [0.717, 1.165) is 32.7 Å². The predicted octanol–water partition coefficient (Wildman–Crippen LogP) is -0.771. The number of piperazine rings is 1.